The van der Waals surface area contributed by atoms with Gasteiger partial charge in [-0.15, -0.1) is 0 Å². The van der Waals surface area contributed by atoms with Crippen LogP contribution in [0.15, 0.2) is 54.1 Å². The van der Waals surface area contributed by atoms with E-state index in [1.165, 1.54) is 22.3 Å². The fourth-order valence-electron chi connectivity index (χ4n) is 5.28. The molecule has 0 radical (unpaired) electrons. The van der Waals surface area contributed by atoms with E-state index in [0.717, 1.165) is 50.4 Å². The number of nitrogens with zero attached hydrogens (tertiary/aromatic N) is 2. The first kappa shape index (κ1) is 19.3. The minimum Gasteiger partial charge on any atom is -0.378 e. The fraction of sp³-hybridized carbons (Fsp3) is 0.400. The molecule has 30 heavy (non-hydrogen) atoms. The van der Waals surface area contributed by atoms with E-state index in [0.29, 0.717) is 0 Å². The van der Waals surface area contributed by atoms with Crippen molar-refractivity contribution in [3.63, 3.8) is 0 Å². The lowest BCUT2D eigenvalue weighted by Crippen LogP contribution is -2.45. The van der Waals surface area contributed by atoms with Crippen LogP contribution in [0.25, 0.3) is 5.57 Å². The molecule has 2 aliphatic heterocycles. The van der Waals surface area contributed by atoms with Gasteiger partial charge in [0, 0.05) is 24.8 Å². The first-order chi connectivity index (χ1) is 14.7. The van der Waals surface area contributed by atoms with Crippen molar-refractivity contribution in [1.29, 1.82) is 0 Å². The van der Waals surface area contributed by atoms with E-state index in [1.54, 1.807) is 4.90 Å². The van der Waals surface area contributed by atoms with Crippen molar-refractivity contribution < 1.29 is 13.9 Å². The highest BCUT2D eigenvalue weighted by Gasteiger charge is 2.40. The lowest BCUT2D eigenvalue weighted by atomic mass is 9.85. The summed E-state index contributed by atoms with van der Waals surface area (Å²) >= 11 is 0. The Morgan fingerprint density at radius 3 is 2.57 bits per heavy atom. The van der Waals surface area contributed by atoms with Crippen LogP contribution in [-0.4, -0.2) is 49.8 Å². The third kappa shape index (κ3) is 3.21. The number of carbonyl (C=O) groups excluding carboxylic acids is 1. The van der Waals surface area contributed by atoms with Crippen LogP contribution in [0.2, 0.25) is 0 Å². The summed E-state index contributed by atoms with van der Waals surface area (Å²) in [5.74, 6) is -0.424. The highest BCUT2D eigenvalue weighted by molar-refractivity contribution is 5.84. The molecule has 1 saturated heterocycles. The van der Waals surface area contributed by atoms with Crippen LogP contribution < -0.4 is 4.90 Å². The number of hydrogen-bond donors (Lipinski definition) is 0. The number of hydrogen-bond acceptors (Lipinski definition) is 3. The van der Waals surface area contributed by atoms with E-state index < -0.39 is 12.6 Å². The number of anilines is 1. The van der Waals surface area contributed by atoms with Gasteiger partial charge in [-0.25, -0.2) is 4.39 Å². The smallest absolute Gasteiger partial charge is 0.254 e. The Balaban J connectivity index is 1.54. The van der Waals surface area contributed by atoms with Gasteiger partial charge in [0.25, 0.3) is 5.91 Å². The molecule has 0 saturated carbocycles. The zero-order valence-electron chi connectivity index (χ0n) is 17.3. The third-order valence-electron chi connectivity index (χ3n) is 6.68. The lowest BCUT2D eigenvalue weighted by Gasteiger charge is -2.42. The monoisotopic (exact) mass is 406 g/mol. The Labute approximate surface area is 176 Å². The molecule has 2 aromatic rings. The van der Waals surface area contributed by atoms with Gasteiger partial charge in [0.15, 0.2) is 6.67 Å². The molecule has 5 rings (SSSR count). The zero-order valence-corrected chi connectivity index (χ0v) is 17.3. The van der Waals surface area contributed by atoms with E-state index in [9.17, 15) is 9.18 Å². The Hall–Kier alpha value is -2.66. The fourth-order valence-corrected chi connectivity index (χ4v) is 5.28. The van der Waals surface area contributed by atoms with Gasteiger partial charge in [0.05, 0.1) is 19.3 Å². The molecule has 4 nitrogen and oxygen atoms in total. The van der Waals surface area contributed by atoms with E-state index >= 15 is 0 Å². The van der Waals surface area contributed by atoms with E-state index in [-0.39, 0.29) is 12.1 Å². The molecule has 0 N–H and O–H groups in total. The molecular weight excluding hydrogens is 379 g/mol. The van der Waals surface area contributed by atoms with Gasteiger partial charge in [-0.1, -0.05) is 36.4 Å². The summed E-state index contributed by atoms with van der Waals surface area (Å²) in [7, 11) is 0. The highest BCUT2D eigenvalue weighted by Crippen LogP contribution is 2.48. The van der Waals surface area contributed by atoms with E-state index in [4.69, 9.17) is 4.74 Å². The molecule has 3 aliphatic rings. The second-order valence-corrected chi connectivity index (χ2v) is 8.42. The molecule has 1 amide bonds. The summed E-state index contributed by atoms with van der Waals surface area (Å²) in [6.07, 6.45) is 1.60. The van der Waals surface area contributed by atoms with Gasteiger partial charge in [0.1, 0.15) is 0 Å². The van der Waals surface area contributed by atoms with Crippen LogP contribution in [0.4, 0.5) is 10.1 Å². The number of benzene rings is 2. The van der Waals surface area contributed by atoms with Gasteiger partial charge in [-0.05, 0) is 59.7 Å². The number of carbonyl (C=O) groups is 1. The van der Waals surface area contributed by atoms with Gasteiger partial charge < -0.3 is 14.5 Å². The SMILES string of the molecule is C[C@H]1CC2=C(Cc3ccccc32)[C@H](c2ccc(N3CCOCC3)cc2)N1C(=O)CF. The van der Waals surface area contributed by atoms with Crippen molar-refractivity contribution in [2.24, 2.45) is 0 Å². The maximum Gasteiger partial charge on any atom is 0.254 e. The van der Waals surface area contributed by atoms with Crippen molar-refractivity contribution in [3.8, 4) is 0 Å². The van der Waals surface area contributed by atoms with Crippen molar-refractivity contribution in [1.82, 2.24) is 4.90 Å². The highest BCUT2D eigenvalue weighted by atomic mass is 19.1. The standard InChI is InChI=1S/C25H27FN2O2/c1-17-14-22-21-5-3-2-4-19(21)15-23(22)25(28(17)24(29)16-26)18-6-8-20(9-7-18)27-10-12-30-13-11-27/h2-9,17,25H,10-16H2,1H3/t17-,25-/m0/s1. The van der Waals surface area contributed by atoms with Gasteiger partial charge >= 0.3 is 0 Å². The number of fused-ring (bicyclic) bond motifs is 2. The molecule has 0 unspecified atom stereocenters. The van der Waals surface area contributed by atoms with Crippen molar-refractivity contribution in [2.75, 3.05) is 37.9 Å². The quantitative estimate of drug-likeness (QED) is 0.767. The van der Waals surface area contributed by atoms with Gasteiger partial charge in [-0.3, -0.25) is 4.79 Å². The number of morpholine rings is 1. The number of amides is 1. The molecule has 5 heteroatoms. The summed E-state index contributed by atoms with van der Waals surface area (Å²) in [5.41, 5.74) is 7.40. The van der Waals surface area contributed by atoms with Gasteiger partial charge in [-0.2, -0.15) is 0 Å². The molecule has 2 aromatic carbocycles. The van der Waals surface area contributed by atoms with E-state index in [1.807, 2.05) is 6.92 Å². The molecule has 0 bridgehead atoms. The van der Waals surface area contributed by atoms with Crippen molar-refractivity contribution >= 4 is 17.2 Å². The lowest BCUT2D eigenvalue weighted by molar-refractivity contribution is -0.136. The molecule has 0 spiro atoms. The summed E-state index contributed by atoms with van der Waals surface area (Å²) < 4.78 is 19.0. The van der Waals surface area contributed by atoms with Crippen LogP contribution in [0.5, 0.6) is 0 Å². The van der Waals surface area contributed by atoms with Crippen LogP contribution >= 0.6 is 0 Å². The molecule has 1 aliphatic carbocycles. The van der Waals surface area contributed by atoms with Crippen LogP contribution in [0.1, 0.15) is 36.1 Å². The maximum absolute atomic E-state index is 13.5. The molecular formula is C25H27FN2O2. The summed E-state index contributed by atoms with van der Waals surface area (Å²) in [5, 5.41) is 0. The minimum atomic E-state index is -0.956. The molecule has 0 aromatic heterocycles. The molecule has 156 valence electrons. The largest absolute Gasteiger partial charge is 0.378 e. The Morgan fingerprint density at radius 1 is 1.10 bits per heavy atom. The topological polar surface area (TPSA) is 32.8 Å². The normalized spacial score (nSPS) is 23.4. The molecule has 2 heterocycles. The predicted octanol–water partition coefficient (Wildman–Crippen LogP) is 4.16. The summed E-state index contributed by atoms with van der Waals surface area (Å²) in [4.78, 5) is 16.7. The minimum absolute atomic E-state index is 0.0397. The number of rotatable bonds is 3. The molecule has 1 fully saturated rings. The zero-order chi connectivity index (χ0) is 20.7. The third-order valence-corrected chi connectivity index (χ3v) is 6.68. The second-order valence-electron chi connectivity index (χ2n) is 8.42. The summed E-state index contributed by atoms with van der Waals surface area (Å²) in [6.45, 7) is 4.34. The summed E-state index contributed by atoms with van der Waals surface area (Å²) in [6, 6.07) is 16.7. The maximum atomic E-state index is 13.5. The first-order valence-electron chi connectivity index (χ1n) is 10.8. The first-order valence-corrected chi connectivity index (χ1v) is 10.8. The number of alkyl halides is 1. The Kier molecular flexibility index (Phi) is 5.07. The average Bonchev–Trinajstić information content (AvgIpc) is 3.16. The Bertz CT molecular complexity index is 979. The van der Waals surface area contributed by atoms with Crippen LogP contribution in [-0.2, 0) is 16.0 Å². The van der Waals surface area contributed by atoms with Crippen molar-refractivity contribution in [3.05, 3.63) is 70.8 Å². The second kappa shape index (κ2) is 7.88. The van der Waals surface area contributed by atoms with Crippen molar-refractivity contribution in [2.45, 2.75) is 31.8 Å². The van der Waals surface area contributed by atoms with Crippen LogP contribution in [0, 0.1) is 0 Å². The van der Waals surface area contributed by atoms with Crippen LogP contribution in [0.3, 0.4) is 0 Å². The number of ether oxygens (including phenoxy) is 1. The van der Waals surface area contributed by atoms with Gasteiger partial charge in [0.2, 0.25) is 0 Å². The molecule has 2 atom stereocenters. The number of halogens is 1. The Morgan fingerprint density at radius 2 is 1.83 bits per heavy atom. The van der Waals surface area contributed by atoms with E-state index in [2.05, 4.69) is 53.4 Å². The average molecular weight is 407 g/mol. The predicted molar refractivity (Wildman–Crippen MR) is 116 cm³/mol.